The molecule has 0 heterocycles. The minimum atomic E-state index is -1.72. The number of nitrogens with two attached hydrogens (primary N) is 5. The van der Waals surface area contributed by atoms with E-state index in [1.165, 1.54) is 27.7 Å². The van der Waals surface area contributed by atoms with E-state index < -0.39 is 176 Å². The number of aliphatic imine (C=N–C) groups is 1. The molecule has 0 saturated heterocycles. The molecule has 0 unspecified atom stereocenters. The van der Waals surface area contributed by atoms with E-state index in [0.717, 1.165) is 0 Å². The highest BCUT2D eigenvalue weighted by Gasteiger charge is 2.37. The molecule has 23 N–H and O–H groups in total. The number of aliphatic carboxylic acids is 2. The summed E-state index contributed by atoms with van der Waals surface area (Å²) in [6, 6.07) is -15.0. The zero-order valence-corrected chi connectivity index (χ0v) is 47.0. The Bertz CT molecular complexity index is 2120. The van der Waals surface area contributed by atoms with Crippen molar-refractivity contribution in [3.8, 4) is 0 Å². The number of carbonyl (C=O) groups is 12. The molecule has 80 heavy (non-hydrogen) atoms. The molecule has 456 valence electrons. The van der Waals surface area contributed by atoms with Crippen LogP contribution in [0, 0.1) is 23.7 Å². The van der Waals surface area contributed by atoms with Gasteiger partial charge in [-0.25, -0.2) is 4.79 Å². The summed E-state index contributed by atoms with van der Waals surface area (Å²) in [6.07, 6.45) is -0.896. The van der Waals surface area contributed by atoms with Crippen LogP contribution in [0.3, 0.4) is 0 Å². The van der Waals surface area contributed by atoms with Crippen LogP contribution in [-0.2, 0) is 57.5 Å². The third kappa shape index (κ3) is 28.6. The summed E-state index contributed by atoms with van der Waals surface area (Å²) in [7, 11) is 0. The molecule has 31 heteroatoms. The number of amides is 10. The van der Waals surface area contributed by atoms with Crippen molar-refractivity contribution in [3.63, 3.8) is 0 Å². The predicted molar refractivity (Wildman–Crippen MR) is 289 cm³/mol. The number of carboxylic acid groups (broad SMARTS) is 2. The Morgan fingerprint density at radius 1 is 0.450 bits per heavy atom. The van der Waals surface area contributed by atoms with Gasteiger partial charge in [0.05, 0.1) is 25.7 Å². The Hall–Kier alpha value is -7.25. The number of primary amides is 1. The minimum Gasteiger partial charge on any atom is -0.481 e. The van der Waals surface area contributed by atoms with Gasteiger partial charge in [-0.2, -0.15) is 0 Å². The average molecular weight is 1140 g/mol. The number of hydrogen-bond acceptors (Lipinski definition) is 17. The number of carbonyl (C=O) groups excluding carboxylic acids is 10. The number of nitrogens with zero attached hydrogens (tertiary/aromatic N) is 1. The Morgan fingerprint density at radius 3 is 1.25 bits per heavy atom. The van der Waals surface area contributed by atoms with E-state index in [1.54, 1.807) is 27.7 Å². The Balaban J connectivity index is 6.45. The second-order valence-corrected chi connectivity index (χ2v) is 20.8. The van der Waals surface area contributed by atoms with E-state index in [-0.39, 0.29) is 56.6 Å². The molecular formula is C49H89N15O16. The average Bonchev–Trinajstić information content (AvgIpc) is 3.35. The molecule has 0 spiro atoms. The van der Waals surface area contributed by atoms with Crippen LogP contribution in [0.15, 0.2) is 4.99 Å². The maximum absolute atomic E-state index is 14.1. The smallest absolute Gasteiger partial charge is 0.326 e. The summed E-state index contributed by atoms with van der Waals surface area (Å²) in [6.45, 7) is 11.4. The number of guanidine groups is 1. The minimum absolute atomic E-state index is 0.0237. The highest BCUT2D eigenvalue weighted by atomic mass is 16.4. The van der Waals surface area contributed by atoms with Gasteiger partial charge in [0.2, 0.25) is 59.1 Å². The number of rotatable bonds is 40. The van der Waals surface area contributed by atoms with Crippen molar-refractivity contribution >= 4 is 77.0 Å². The topological polar surface area (TPSA) is 536 Å². The predicted octanol–water partition coefficient (Wildman–Crippen LogP) is -5.93. The van der Waals surface area contributed by atoms with E-state index in [0.29, 0.717) is 19.3 Å². The highest BCUT2D eigenvalue weighted by Crippen LogP contribution is 2.13. The van der Waals surface area contributed by atoms with Crippen molar-refractivity contribution in [3.05, 3.63) is 0 Å². The largest absolute Gasteiger partial charge is 0.481 e. The lowest BCUT2D eigenvalue weighted by atomic mass is 9.98. The van der Waals surface area contributed by atoms with Crippen LogP contribution in [0.25, 0.3) is 0 Å². The van der Waals surface area contributed by atoms with Gasteiger partial charge < -0.3 is 96.9 Å². The normalized spacial score (nSPS) is 15.0. The monoisotopic (exact) mass is 1140 g/mol. The molecule has 0 rings (SSSR count). The van der Waals surface area contributed by atoms with Crippen molar-refractivity contribution < 1.29 is 78.0 Å². The van der Waals surface area contributed by atoms with Crippen LogP contribution in [-0.4, -0.2) is 184 Å². The summed E-state index contributed by atoms with van der Waals surface area (Å²) in [5.74, 6) is -14.9. The van der Waals surface area contributed by atoms with Gasteiger partial charge in [0, 0.05) is 13.0 Å². The lowest BCUT2D eigenvalue weighted by Gasteiger charge is -2.30. The second-order valence-electron chi connectivity index (χ2n) is 20.8. The third-order valence-corrected chi connectivity index (χ3v) is 12.0. The van der Waals surface area contributed by atoms with E-state index in [2.05, 4.69) is 52.8 Å². The number of nitrogens with one attached hydrogen (secondary N) is 9. The van der Waals surface area contributed by atoms with Gasteiger partial charge in [0.1, 0.15) is 54.4 Å². The first-order valence-corrected chi connectivity index (χ1v) is 26.5. The first-order chi connectivity index (χ1) is 37.3. The van der Waals surface area contributed by atoms with E-state index in [4.69, 9.17) is 28.7 Å². The van der Waals surface area contributed by atoms with E-state index in [1.807, 2.05) is 0 Å². The maximum atomic E-state index is 14.1. The molecule has 0 saturated carbocycles. The summed E-state index contributed by atoms with van der Waals surface area (Å²) < 4.78 is 0. The molecule has 10 amide bonds. The maximum Gasteiger partial charge on any atom is 0.326 e. The van der Waals surface area contributed by atoms with Crippen LogP contribution >= 0.6 is 0 Å². The molecule has 0 aromatic rings. The zero-order chi connectivity index (χ0) is 61.6. The fourth-order valence-corrected chi connectivity index (χ4v) is 7.61. The number of carboxylic acids is 2. The number of unbranched alkanes of at least 4 members (excludes halogenated alkanes) is 1. The van der Waals surface area contributed by atoms with Crippen LogP contribution in [0.2, 0.25) is 0 Å². The van der Waals surface area contributed by atoms with Gasteiger partial charge >= 0.3 is 11.9 Å². The molecule has 0 aromatic carbocycles. The van der Waals surface area contributed by atoms with Crippen LogP contribution in [0.1, 0.15) is 120 Å². The first kappa shape index (κ1) is 72.8. The molecule has 0 aliphatic rings. The number of hydrogen-bond donors (Lipinski definition) is 18. The van der Waals surface area contributed by atoms with Gasteiger partial charge in [0.25, 0.3) is 0 Å². The van der Waals surface area contributed by atoms with Crippen molar-refractivity contribution in [1.82, 2.24) is 47.9 Å². The first-order valence-electron chi connectivity index (χ1n) is 26.5. The van der Waals surface area contributed by atoms with Crippen molar-refractivity contribution in [1.29, 1.82) is 0 Å². The van der Waals surface area contributed by atoms with E-state index in [9.17, 15) is 78.0 Å². The highest BCUT2D eigenvalue weighted by molar-refractivity contribution is 5.99. The SMILES string of the molecule is CC(C)C[C@H](NC(=O)[C@H](CO)NC(=O)[C@@H](N)CCCN=C(N)N)C(=O)N[C@@H](CO)C(=O)N[C@H](C(=O)N[C@@H](CC(C)C)C(=O)N[C@@H](CCC(=O)O)C(=O)N[C@H](C(=O)N[C@@H](CC(N)=O)C(=O)N[C@@H](CCCCN)C(=O)O)C(C)C)C(C)C. The third-order valence-electron chi connectivity index (χ3n) is 12.0. The van der Waals surface area contributed by atoms with Gasteiger partial charge in [-0.3, -0.25) is 57.7 Å². The fourth-order valence-electron chi connectivity index (χ4n) is 7.61. The summed E-state index contributed by atoms with van der Waals surface area (Å²) >= 11 is 0. The van der Waals surface area contributed by atoms with Crippen molar-refractivity contribution in [2.75, 3.05) is 26.3 Å². The molecule has 31 nitrogen and oxygen atoms in total. The second kappa shape index (κ2) is 37.6. The van der Waals surface area contributed by atoms with Gasteiger partial charge in [-0.05, 0) is 81.6 Å². The fraction of sp³-hybridized carbons (Fsp3) is 0.735. The molecule has 10 atom stereocenters. The number of aliphatic hydroxyl groups is 2. The van der Waals surface area contributed by atoms with Crippen molar-refractivity contribution in [2.24, 2.45) is 57.3 Å². The Labute approximate surface area is 465 Å². The van der Waals surface area contributed by atoms with Gasteiger partial charge in [0.15, 0.2) is 5.96 Å². The Kier molecular flexibility index (Phi) is 34.2. The van der Waals surface area contributed by atoms with Crippen LogP contribution < -0.4 is 76.5 Å². The Morgan fingerprint density at radius 2 is 0.838 bits per heavy atom. The van der Waals surface area contributed by atoms with Crippen LogP contribution in [0.4, 0.5) is 0 Å². The van der Waals surface area contributed by atoms with Gasteiger partial charge in [-0.1, -0.05) is 55.4 Å². The number of aliphatic hydroxyl groups excluding tert-OH is 2. The van der Waals surface area contributed by atoms with Crippen LogP contribution in [0.5, 0.6) is 0 Å². The molecular weight excluding hydrogens is 1050 g/mol. The quantitative estimate of drug-likeness (QED) is 0.0154. The molecule has 0 aliphatic heterocycles. The van der Waals surface area contributed by atoms with E-state index >= 15 is 0 Å². The summed E-state index contributed by atoms with van der Waals surface area (Å²) in [4.78, 5) is 162. The zero-order valence-electron chi connectivity index (χ0n) is 47.0. The lowest BCUT2D eigenvalue weighted by molar-refractivity contribution is -0.143. The molecule has 0 radical (unpaired) electrons. The van der Waals surface area contributed by atoms with Gasteiger partial charge in [-0.15, -0.1) is 0 Å². The molecule has 0 bridgehead atoms. The molecule has 0 aromatic heterocycles. The molecule has 0 aliphatic carbocycles. The standard InChI is InChI=1S/C49H89N15O16/c1-23(2)18-30(58-44(75)33(21-65)61-39(70)27(51)12-11-17-55-49(53)54)42(73)62-34(22-66)45(76)64-38(26(7)8)46(77)59-31(19-24(3)4)41(72)56-28(14-15-36(68)69)40(71)63-37(25(5)6)47(78)60-32(20-35(52)67)43(74)57-29(48(79)80)13-9-10-16-50/h23-34,37-38,65-66H,9-22,50-51H2,1-8H3,(H2,52,67)(H,56,72)(H,57,74)(H,58,75)(H,59,77)(H,60,78)(H,61,70)(H,62,73)(H,63,71)(H,64,76)(H,68,69)(H,79,80)(H4,53,54,55)/t27-,28-,29-,30-,31-,32-,33-,34-,37-,38-/m0/s1. The summed E-state index contributed by atoms with van der Waals surface area (Å²) in [5.41, 5.74) is 27.3. The molecule has 0 fully saturated rings. The van der Waals surface area contributed by atoms with Crippen molar-refractivity contribution in [2.45, 2.75) is 180 Å². The summed E-state index contributed by atoms with van der Waals surface area (Å²) in [5, 5.41) is 61.0. The lowest BCUT2D eigenvalue weighted by Crippen LogP contribution is -2.62.